The number of aromatic nitrogens is 2. The van der Waals surface area contributed by atoms with E-state index >= 15 is 0 Å². The first kappa shape index (κ1) is 18.1. The van der Waals surface area contributed by atoms with E-state index in [1.165, 1.54) is 18.5 Å². The standard InChI is InChI=1S/C15H11N3O2.C6H5F/c19-15-18-14(9-20-15)13-8-12(16-10-17-13)7-6-11-4-2-1-3-5-11;7-6-4-2-1-3-5-6/h1-5,8,10,14H,9H2,(H,18,19);1-5H. The number of nitrogens with one attached hydrogen (secondary N) is 1. The summed E-state index contributed by atoms with van der Waals surface area (Å²) in [5, 5.41) is 2.67. The molecular weight excluding hydrogens is 345 g/mol. The molecule has 27 heavy (non-hydrogen) atoms. The predicted octanol–water partition coefficient (Wildman–Crippen LogP) is 3.48. The monoisotopic (exact) mass is 361 g/mol. The predicted molar refractivity (Wildman–Crippen MR) is 98.1 cm³/mol. The molecule has 1 amide bonds. The van der Waals surface area contributed by atoms with Crippen molar-refractivity contribution in [2.24, 2.45) is 0 Å². The number of alkyl carbamates (subject to hydrolysis) is 1. The third-order valence-electron chi connectivity index (χ3n) is 3.56. The number of hydrogen-bond acceptors (Lipinski definition) is 4. The molecule has 1 aliphatic heterocycles. The van der Waals surface area contributed by atoms with E-state index in [-0.39, 0.29) is 18.5 Å². The van der Waals surface area contributed by atoms with Crippen molar-refractivity contribution in [2.75, 3.05) is 6.61 Å². The Hall–Kier alpha value is -3.72. The van der Waals surface area contributed by atoms with Gasteiger partial charge in [0, 0.05) is 5.56 Å². The summed E-state index contributed by atoms with van der Waals surface area (Å²) in [7, 11) is 0. The molecule has 3 aromatic rings. The van der Waals surface area contributed by atoms with Crippen molar-refractivity contribution >= 4 is 6.09 Å². The minimum absolute atomic E-state index is 0.178. The first-order chi connectivity index (χ1) is 13.2. The summed E-state index contributed by atoms with van der Waals surface area (Å²) in [6, 6.07) is 19.1. The number of cyclic esters (lactones) is 1. The largest absolute Gasteiger partial charge is 0.447 e. The van der Waals surface area contributed by atoms with Gasteiger partial charge in [0.2, 0.25) is 0 Å². The van der Waals surface area contributed by atoms with Crippen molar-refractivity contribution in [3.63, 3.8) is 0 Å². The highest BCUT2D eigenvalue weighted by Gasteiger charge is 2.24. The smallest absolute Gasteiger partial charge is 0.407 e. The zero-order valence-corrected chi connectivity index (χ0v) is 14.3. The minimum atomic E-state index is -0.425. The fourth-order valence-corrected chi connectivity index (χ4v) is 2.25. The highest BCUT2D eigenvalue weighted by Crippen LogP contribution is 2.15. The molecule has 0 radical (unpaired) electrons. The van der Waals surface area contributed by atoms with Gasteiger partial charge in [-0.25, -0.2) is 19.2 Å². The van der Waals surface area contributed by atoms with Crippen LogP contribution in [0.25, 0.3) is 0 Å². The Morgan fingerprint density at radius 1 is 1.00 bits per heavy atom. The van der Waals surface area contributed by atoms with Crippen LogP contribution in [0.4, 0.5) is 9.18 Å². The van der Waals surface area contributed by atoms with E-state index in [1.54, 1.807) is 24.3 Å². The van der Waals surface area contributed by atoms with Crippen molar-refractivity contribution in [3.8, 4) is 11.8 Å². The zero-order chi connectivity index (χ0) is 18.9. The van der Waals surface area contributed by atoms with Crippen LogP contribution in [0.1, 0.15) is 23.0 Å². The lowest BCUT2D eigenvalue weighted by atomic mass is 10.2. The molecule has 0 aliphatic carbocycles. The van der Waals surface area contributed by atoms with Crippen molar-refractivity contribution in [1.82, 2.24) is 15.3 Å². The quantitative estimate of drug-likeness (QED) is 0.674. The molecule has 0 spiro atoms. The minimum Gasteiger partial charge on any atom is -0.447 e. The molecule has 1 saturated heterocycles. The van der Waals surface area contributed by atoms with Crippen LogP contribution < -0.4 is 5.32 Å². The number of benzene rings is 2. The van der Waals surface area contributed by atoms with Gasteiger partial charge in [0.05, 0.1) is 5.69 Å². The van der Waals surface area contributed by atoms with E-state index < -0.39 is 6.09 Å². The van der Waals surface area contributed by atoms with Crippen molar-refractivity contribution < 1.29 is 13.9 Å². The topological polar surface area (TPSA) is 64.1 Å². The molecule has 4 rings (SSSR count). The van der Waals surface area contributed by atoms with Crippen LogP contribution in [-0.2, 0) is 4.74 Å². The summed E-state index contributed by atoms with van der Waals surface area (Å²) in [5.74, 6) is 5.83. The highest BCUT2D eigenvalue weighted by atomic mass is 19.1. The molecule has 2 heterocycles. The van der Waals surface area contributed by atoms with Gasteiger partial charge in [-0.15, -0.1) is 0 Å². The average Bonchev–Trinajstić information content (AvgIpc) is 3.15. The lowest BCUT2D eigenvalue weighted by Gasteiger charge is -2.05. The number of carbonyl (C=O) groups excluding carboxylic acids is 1. The molecule has 1 N–H and O–H groups in total. The third kappa shape index (κ3) is 5.65. The van der Waals surface area contributed by atoms with Crippen LogP contribution in [0.5, 0.6) is 0 Å². The number of hydrogen-bond donors (Lipinski definition) is 1. The van der Waals surface area contributed by atoms with Crippen LogP contribution in [0.2, 0.25) is 0 Å². The number of rotatable bonds is 1. The van der Waals surface area contributed by atoms with Gasteiger partial charge in [-0.2, -0.15) is 0 Å². The number of ether oxygens (including phenoxy) is 1. The molecule has 1 unspecified atom stereocenters. The van der Waals surface area contributed by atoms with Crippen LogP contribution >= 0.6 is 0 Å². The van der Waals surface area contributed by atoms with Crippen LogP contribution in [0.3, 0.4) is 0 Å². The van der Waals surface area contributed by atoms with Crippen LogP contribution in [0, 0.1) is 17.7 Å². The van der Waals surface area contributed by atoms with Gasteiger partial charge in [0.1, 0.15) is 30.5 Å². The lowest BCUT2D eigenvalue weighted by molar-refractivity contribution is 0.177. The van der Waals surface area contributed by atoms with Crippen molar-refractivity contribution in [3.05, 3.63) is 95.8 Å². The molecule has 134 valence electrons. The molecule has 6 heteroatoms. The Kier molecular flexibility index (Phi) is 6.10. The van der Waals surface area contributed by atoms with Crippen LogP contribution in [0.15, 0.2) is 73.1 Å². The molecule has 1 aromatic heterocycles. The Morgan fingerprint density at radius 2 is 1.70 bits per heavy atom. The van der Waals surface area contributed by atoms with Crippen LogP contribution in [-0.4, -0.2) is 22.7 Å². The number of carbonyl (C=O) groups is 1. The molecule has 0 bridgehead atoms. The van der Waals surface area contributed by atoms with Crippen molar-refractivity contribution in [1.29, 1.82) is 0 Å². The van der Waals surface area contributed by atoms with E-state index in [2.05, 4.69) is 27.1 Å². The van der Waals surface area contributed by atoms with Gasteiger partial charge >= 0.3 is 6.09 Å². The van der Waals surface area contributed by atoms with Gasteiger partial charge < -0.3 is 10.1 Å². The summed E-state index contributed by atoms with van der Waals surface area (Å²) in [6.45, 7) is 0.279. The van der Waals surface area contributed by atoms with Gasteiger partial charge in [-0.05, 0) is 36.3 Å². The fraction of sp³-hybridized carbons (Fsp3) is 0.0952. The first-order valence-electron chi connectivity index (χ1n) is 8.23. The Labute approximate surface area is 156 Å². The molecule has 1 aliphatic rings. The van der Waals surface area contributed by atoms with E-state index in [1.807, 2.05) is 30.3 Å². The zero-order valence-electron chi connectivity index (χ0n) is 14.3. The highest BCUT2D eigenvalue weighted by molar-refractivity contribution is 5.69. The Balaban J connectivity index is 0.000000253. The number of amides is 1. The second-order valence-electron chi connectivity index (χ2n) is 5.54. The van der Waals surface area contributed by atoms with E-state index in [4.69, 9.17) is 4.74 Å². The average molecular weight is 361 g/mol. The maximum Gasteiger partial charge on any atom is 0.407 e. The number of nitrogens with zero attached hydrogens (tertiary/aromatic N) is 2. The molecule has 2 aromatic carbocycles. The van der Waals surface area contributed by atoms with Gasteiger partial charge in [0.15, 0.2) is 0 Å². The van der Waals surface area contributed by atoms with E-state index in [0.29, 0.717) is 11.4 Å². The fourth-order valence-electron chi connectivity index (χ4n) is 2.25. The SMILES string of the molecule is Fc1ccccc1.O=C1NC(c2cc(C#Cc3ccccc3)ncn2)CO1. The molecule has 1 fully saturated rings. The van der Waals surface area contributed by atoms with Gasteiger partial charge in [-0.3, -0.25) is 0 Å². The summed E-state index contributed by atoms with van der Waals surface area (Å²) in [5.41, 5.74) is 2.23. The third-order valence-corrected chi connectivity index (χ3v) is 3.56. The second kappa shape index (κ2) is 9.11. The normalized spacial score (nSPS) is 14.7. The number of halogens is 1. The van der Waals surface area contributed by atoms with Crippen molar-refractivity contribution in [2.45, 2.75) is 6.04 Å². The summed E-state index contributed by atoms with van der Waals surface area (Å²) < 4.78 is 16.7. The first-order valence-corrected chi connectivity index (χ1v) is 8.23. The lowest BCUT2D eigenvalue weighted by Crippen LogP contribution is -2.19. The molecular formula is C21H16FN3O2. The maximum atomic E-state index is 11.9. The Bertz CT molecular complexity index is 953. The van der Waals surface area contributed by atoms with E-state index in [9.17, 15) is 9.18 Å². The van der Waals surface area contributed by atoms with Gasteiger partial charge in [-0.1, -0.05) is 42.3 Å². The summed E-state index contributed by atoms with van der Waals surface area (Å²) in [4.78, 5) is 19.3. The maximum absolute atomic E-state index is 11.9. The molecule has 5 nitrogen and oxygen atoms in total. The summed E-state index contributed by atoms with van der Waals surface area (Å²) in [6.07, 6.45) is 1.01. The Morgan fingerprint density at radius 3 is 2.30 bits per heavy atom. The van der Waals surface area contributed by atoms with E-state index in [0.717, 1.165) is 5.56 Å². The molecule has 0 saturated carbocycles. The molecule has 1 atom stereocenters. The summed E-state index contributed by atoms with van der Waals surface area (Å²) >= 11 is 0. The van der Waals surface area contributed by atoms with Gasteiger partial charge in [0.25, 0.3) is 0 Å². The second-order valence-corrected chi connectivity index (χ2v) is 5.54.